The van der Waals surface area contributed by atoms with Crippen LogP contribution in [0.4, 0.5) is 4.79 Å². The second-order valence-corrected chi connectivity index (χ2v) is 5.80. The van der Waals surface area contributed by atoms with Crippen LogP contribution in [-0.4, -0.2) is 27.0 Å². The van der Waals surface area contributed by atoms with Crippen molar-refractivity contribution >= 4 is 11.9 Å². The van der Waals surface area contributed by atoms with Crippen LogP contribution >= 0.6 is 0 Å². The molecule has 0 saturated carbocycles. The largest absolute Gasteiger partial charge is 0.461 e. The van der Waals surface area contributed by atoms with E-state index in [0.717, 1.165) is 4.90 Å². The van der Waals surface area contributed by atoms with E-state index in [4.69, 9.17) is 8.94 Å². The molecule has 0 aliphatic carbocycles. The number of urea groups is 1. The number of hydrogen-bond donors (Lipinski definition) is 1. The molecule has 1 N–H and O–H groups in total. The van der Waals surface area contributed by atoms with Crippen molar-refractivity contribution in [2.45, 2.75) is 19.0 Å². The molecule has 2 aromatic heterocycles. The fourth-order valence-electron chi connectivity index (χ4n) is 2.77. The molecule has 1 unspecified atom stereocenters. The van der Waals surface area contributed by atoms with E-state index in [1.165, 1.54) is 6.26 Å². The molecule has 3 heterocycles. The summed E-state index contributed by atoms with van der Waals surface area (Å²) < 4.78 is 10.3. The predicted octanol–water partition coefficient (Wildman–Crippen LogP) is 2.30. The summed E-state index contributed by atoms with van der Waals surface area (Å²) in [6, 6.07) is 12.0. The Kier molecular flexibility index (Phi) is 3.38. The van der Waals surface area contributed by atoms with Crippen LogP contribution in [0.3, 0.4) is 0 Å². The van der Waals surface area contributed by atoms with Crippen LogP contribution in [0, 0.1) is 0 Å². The molecule has 0 bridgehead atoms. The molecule has 1 atom stereocenters. The highest BCUT2D eigenvalue weighted by Crippen LogP contribution is 2.29. The number of furan rings is 1. The van der Waals surface area contributed by atoms with Gasteiger partial charge in [-0.3, -0.25) is 9.69 Å². The first-order chi connectivity index (χ1) is 12.1. The SMILES string of the molecule is CC1(c2ccccc2)NC(=O)N(Cc2nc(-c3ccco3)no2)C1=O. The summed E-state index contributed by atoms with van der Waals surface area (Å²) in [6.07, 6.45) is 1.49. The predicted molar refractivity (Wildman–Crippen MR) is 84.9 cm³/mol. The molecule has 8 heteroatoms. The number of nitrogens with zero attached hydrogens (tertiary/aromatic N) is 3. The van der Waals surface area contributed by atoms with Crippen LogP contribution in [0.5, 0.6) is 0 Å². The maximum Gasteiger partial charge on any atom is 0.325 e. The first-order valence-corrected chi connectivity index (χ1v) is 7.64. The Labute approximate surface area is 142 Å². The number of carbonyl (C=O) groups is 2. The van der Waals surface area contributed by atoms with Gasteiger partial charge in [-0.2, -0.15) is 4.98 Å². The summed E-state index contributed by atoms with van der Waals surface area (Å²) in [4.78, 5) is 30.3. The molecular formula is C17H14N4O4. The molecule has 1 saturated heterocycles. The van der Waals surface area contributed by atoms with Gasteiger partial charge in [0.25, 0.3) is 5.91 Å². The standard InChI is InChI=1S/C17H14N4O4/c1-17(11-6-3-2-4-7-11)15(22)21(16(23)19-17)10-13-18-14(20-25-13)12-8-5-9-24-12/h2-9H,10H2,1H3,(H,19,23). The first kappa shape index (κ1) is 15.1. The lowest BCUT2D eigenvalue weighted by Crippen LogP contribution is -2.40. The lowest BCUT2D eigenvalue weighted by atomic mass is 9.92. The average molecular weight is 338 g/mol. The molecular weight excluding hydrogens is 324 g/mol. The third-order valence-corrected chi connectivity index (χ3v) is 4.13. The van der Waals surface area contributed by atoms with E-state index in [0.29, 0.717) is 11.3 Å². The summed E-state index contributed by atoms with van der Waals surface area (Å²) in [6.45, 7) is 1.56. The third-order valence-electron chi connectivity index (χ3n) is 4.13. The van der Waals surface area contributed by atoms with Gasteiger partial charge < -0.3 is 14.3 Å². The van der Waals surface area contributed by atoms with E-state index < -0.39 is 11.6 Å². The number of amides is 3. The molecule has 3 amide bonds. The highest BCUT2D eigenvalue weighted by atomic mass is 16.5. The van der Waals surface area contributed by atoms with Gasteiger partial charge in [0.2, 0.25) is 11.7 Å². The Bertz CT molecular complexity index is 919. The smallest absolute Gasteiger partial charge is 0.325 e. The third kappa shape index (κ3) is 2.47. The van der Waals surface area contributed by atoms with Crippen LogP contribution in [0.15, 0.2) is 57.7 Å². The van der Waals surface area contributed by atoms with Crippen LogP contribution < -0.4 is 5.32 Å². The molecule has 4 rings (SSSR count). The van der Waals surface area contributed by atoms with Crippen molar-refractivity contribution in [1.82, 2.24) is 20.4 Å². The molecule has 1 aliphatic heterocycles. The maximum absolute atomic E-state index is 12.8. The van der Waals surface area contributed by atoms with E-state index in [1.807, 2.05) is 18.2 Å². The quantitative estimate of drug-likeness (QED) is 0.732. The zero-order valence-electron chi connectivity index (χ0n) is 13.3. The topological polar surface area (TPSA) is 101 Å². The molecule has 1 aromatic carbocycles. The van der Waals surface area contributed by atoms with Crippen LogP contribution in [0.25, 0.3) is 11.6 Å². The van der Waals surface area contributed by atoms with Gasteiger partial charge in [0, 0.05) is 0 Å². The van der Waals surface area contributed by atoms with E-state index >= 15 is 0 Å². The Balaban J connectivity index is 1.57. The van der Waals surface area contributed by atoms with Gasteiger partial charge in [0.05, 0.1) is 6.26 Å². The molecule has 0 spiro atoms. The Morgan fingerprint density at radius 3 is 2.68 bits per heavy atom. The number of nitrogens with one attached hydrogen (secondary N) is 1. The highest BCUT2D eigenvalue weighted by Gasteiger charge is 2.49. The second kappa shape index (κ2) is 5.59. The Morgan fingerprint density at radius 2 is 1.96 bits per heavy atom. The van der Waals surface area contributed by atoms with Crippen LogP contribution in [-0.2, 0) is 16.9 Å². The Morgan fingerprint density at radius 1 is 1.16 bits per heavy atom. The maximum atomic E-state index is 12.8. The summed E-state index contributed by atoms with van der Waals surface area (Å²) >= 11 is 0. The molecule has 1 fully saturated rings. The molecule has 8 nitrogen and oxygen atoms in total. The lowest BCUT2D eigenvalue weighted by molar-refractivity contribution is -0.131. The summed E-state index contributed by atoms with van der Waals surface area (Å²) in [7, 11) is 0. The number of imide groups is 1. The van der Waals surface area contributed by atoms with Gasteiger partial charge in [0.15, 0.2) is 5.76 Å². The van der Waals surface area contributed by atoms with Crippen molar-refractivity contribution in [3.63, 3.8) is 0 Å². The first-order valence-electron chi connectivity index (χ1n) is 7.64. The van der Waals surface area contributed by atoms with Crippen molar-refractivity contribution in [3.05, 3.63) is 60.2 Å². The minimum atomic E-state index is -1.12. The minimum Gasteiger partial charge on any atom is -0.461 e. The van der Waals surface area contributed by atoms with Gasteiger partial charge >= 0.3 is 6.03 Å². The fraction of sp³-hybridized carbons (Fsp3) is 0.176. The number of rotatable bonds is 4. The highest BCUT2D eigenvalue weighted by molar-refractivity contribution is 6.07. The number of benzene rings is 1. The van der Waals surface area contributed by atoms with Gasteiger partial charge in [-0.15, -0.1) is 0 Å². The summed E-state index contributed by atoms with van der Waals surface area (Å²) in [5.74, 6) is 0.479. The van der Waals surface area contributed by atoms with E-state index in [-0.39, 0.29) is 24.2 Å². The van der Waals surface area contributed by atoms with E-state index in [9.17, 15) is 9.59 Å². The molecule has 0 radical (unpaired) electrons. The summed E-state index contributed by atoms with van der Waals surface area (Å²) in [5.41, 5.74) is -0.417. The molecule has 25 heavy (non-hydrogen) atoms. The van der Waals surface area contributed by atoms with Gasteiger partial charge in [-0.1, -0.05) is 35.5 Å². The molecule has 3 aromatic rings. The van der Waals surface area contributed by atoms with Crippen molar-refractivity contribution in [1.29, 1.82) is 0 Å². The number of aromatic nitrogens is 2. The Hall–Kier alpha value is -3.42. The fourth-order valence-corrected chi connectivity index (χ4v) is 2.77. The van der Waals surface area contributed by atoms with Gasteiger partial charge in [0.1, 0.15) is 12.1 Å². The van der Waals surface area contributed by atoms with Crippen LogP contribution in [0.1, 0.15) is 18.4 Å². The summed E-state index contributed by atoms with van der Waals surface area (Å²) in [5, 5.41) is 6.53. The van der Waals surface area contributed by atoms with Crippen LogP contribution in [0.2, 0.25) is 0 Å². The minimum absolute atomic E-state index is 0.110. The van der Waals surface area contributed by atoms with E-state index in [1.54, 1.807) is 31.2 Å². The van der Waals surface area contributed by atoms with Crippen molar-refractivity contribution < 1.29 is 18.5 Å². The normalized spacial score (nSPS) is 20.1. The monoisotopic (exact) mass is 338 g/mol. The molecule has 1 aliphatic rings. The zero-order chi connectivity index (χ0) is 17.4. The second-order valence-electron chi connectivity index (χ2n) is 5.80. The van der Waals surface area contributed by atoms with Crippen molar-refractivity contribution in [2.24, 2.45) is 0 Å². The van der Waals surface area contributed by atoms with Crippen molar-refractivity contribution in [2.75, 3.05) is 0 Å². The van der Waals surface area contributed by atoms with Gasteiger partial charge in [-0.25, -0.2) is 4.79 Å². The zero-order valence-corrected chi connectivity index (χ0v) is 13.3. The lowest BCUT2D eigenvalue weighted by Gasteiger charge is -2.21. The average Bonchev–Trinajstić information content (AvgIpc) is 3.34. The molecule has 126 valence electrons. The van der Waals surface area contributed by atoms with Crippen molar-refractivity contribution in [3.8, 4) is 11.6 Å². The number of hydrogen-bond acceptors (Lipinski definition) is 6. The number of carbonyl (C=O) groups excluding carboxylic acids is 2. The van der Waals surface area contributed by atoms with Gasteiger partial charge in [-0.05, 0) is 24.6 Å². The van der Waals surface area contributed by atoms with E-state index in [2.05, 4.69) is 15.5 Å².